The van der Waals surface area contributed by atoms with Gasteiger partial charge in [-0.1, -0.05) is 29.8 Å². The van der Waals surface area contributed by atoms with Crippen molar-refractivity contribution in [2.24, 2.45) is 0 Å². The highest BCUT2D eigenvalue weighted by Gasteiger charge is 2.20. The highest BCUT2D eigenvalue weighted by molar-refractivity contribution is 6.31. The van der Waals surface area contributed by atoms with Gasteiger partial charge in [0.2, 0.25) is 0 Å². The van der Waals surface area contributed by atoms with E-state index in [1.165, 1.54) is 0 Å². The zero-order valence-electron chi connectivity index (χ0n) is 8.54. The van der Waals surface area contributed by atoms with Crippen molar-refractivity contribution in [3.05, 3.63) is 34.9 Å². The third-order valence-electron chi connectivity index (χ3n) is 2.19. The standard InChI is InChI=1S/C11H13ClO4/c12-9-4-2-1-3-8(9)11(15)10(14)5-6-16-7-13/h1-4,7,10-11,14-15H,5-6H2/t10-,11-/m0/s1. The van der Waals surface area contributed by atoms with Crippen LogP contribution in [-0.4, -0.2) is 29.4 Å². The first-order valence-corrected chi connectivity index (χ1v) is 5.20. The van der Waals surface area contributed by atoms with Crippen molar-refractivity contribution in [3.63, 3.8) is 0 Å². The van der Waals surface area contributed by atoms with E-state index in [9.17, 15) is 15.0 Å². The normalized spacial score (nSPS) is 14.2. The highest BCUT2D eigenvalue weighted by Crippen LogP contribution is 2.25. The second kappa shape index (κ2) is 6.48. The van der Waals surface area contributed by atoms with Gasteiger partial charge in [0.15, 0.2) is 0 Å². The molecule has 0 fully saturated rings. The fourth-order valence-electron chi connectivity index (χ4n) is 1.32. The van der Waals surface area contributed by atoms with Gasteiger partial charge >= 0.3 is 0 Å². The molecule has 0 bridgehead atoms. The number of carbonyl (C=O) groups is 1. The molecule has 0 radical (unpaired) electrons. The Hall–Kier alpha value is -1.10. The number of halogens is 1. The molecular weight excluding hydrogens is 232 g/mol. The molecule has 1 rings (SSSR count). The maximum absolute atomic E-state index is 9.89. The van der Waals surface area contributed by atoms with Gasteiger partial charge in [-0.2, -0.15) is 0 Å². The Balaban J connectivity index is 2.59. The van der Waals surface area contributed by atoms with Crippen LogP contribution in [-0.2, 0) is 9.53 Å². The summed E-state index contributed by atoms with van der Waals surface area (Å²) in [4.78, 5) is 9.89. The molecule has 0 spiro atoms. The van der Waals surface area contributed by atoms with E-state index in [4.69, 9.17) is 11.6 Å². The second-order valence-electron chi connectivity index (χ2n) is 3.29. The minimum Gasteiger partial charge on any atom is -0.468 e. The fraction of sp³-hybridized carbons (Fsp3) is 0.364. The number of rotatable bonds is 6. The molecule has 2 N–H and O–H groups in total. The number of benzene rings is 1. The summed E-state index contributed by atoms with van der Waals surface area (Å²) in [7, 11) is 0. The summed E-state index contributed by atoms with van der Waals surface area (Å²) >= 11 is 5.87. The number of aliphatic hydroxyl groups excluding tert-OH is 2. The van der Waals surface area contributed by atoms with E-state index in [-0.39, 0.29) is 13.0 Å². The van der Waals surface area contributed by atoms with Gasteiger partial charge in [-0.15, -0.1) is 0 Å². The lowest BCUT2D eigenvalue weighted by atomic mass is 10.0. The van der Waals surface area contributed by atoms with E-state index in [2.05, 4.69) is 4.74 Å². The second-order valence-corrected chi connectivity index (χ2v) is 3.70. The molecule has 0 amide bonds. The predicted molar refractivity (Wildman–Crippen MR) is 59.1 cm³/mol. The Bertz CT molecular complexity index is 343. The first-order chi connectivity index (χ1) is 7.66. The van der Waals surface area contributed by atoms with Gasteiger partial charge in [0.25, 0.3) is 6.47 Å². The van der Waals surface area contributed by atoms with Crippen LogP contribution in [0.1, 0.15) is 18.1 Å². The molecule has 1 aromatic carbocycles. The zero-order valence-corrected chi connectivity index (χ0v) is 9.30. The molecule has 5 heteroatoms. The molecule has 2 atom stereocenters. The Morgan fingerprint density at radius 2 is 2.06 bits per heavy atom. The molecule has 16 heavy (non-hydrogen) atoms. The van der Waals surface area contributed by atoms with Crippen LogP contribution in [0.25, 0.3) is 0 Å². The Kier molecular flexibility index (Phi) is 5.25. The number of carbonyl (C=O) groups excluding carboxylic acids is 1. The maximum atomic E-state index is 9.89. The third kappa shape index (κ3) is 3.48. The monoisotopic (exact) mass is 244 g/mol. The Labute approximate surface area is 98.4 Å². The maximum Gasteiger partial charge on any atom is 0.293 e. The van der Waals surface area contributed by atoms with Crippen molar-refractivity contribution < 1.29 is 19.7 Å². The lowest BCUT2D eigenvalue weighted by Crippen LogP contribution is -2.20. The number of hydrogen-bond donors (Lipinski definition) is 2. The van der Waals surface area contributed by atoms with E-state index in [1.54, 1.807) is 24.3 Å². The van der Waals surface area contributed by atoms with E-state index < -0.39 is 12.2 Å². The van der Waals surface area contributed by atoms with Crippen molar-refractivity contribution in [2.45, 2.75) is 18.6 Å². The first kappa shape index (κ1) is 13.0. The number of hydrogen-bond acceptors (Lipinski definition) is 4. The summed E-state index contributed by atoms with van der Waals surface area (Å²) in [5, 5.41) is 19.8. The summed E-state index contributed by atoms with van der Waals surface area (Å²) in [5.41, 5.74) is 0.461. The average molecular weight is 245 g/mol. The van der Waals surface area contributed by atoms with Gasteiger partial charge in [0, 0.05) is 17.0 Å². The number of aliphatic hydroxyl groups is 2. The highest BCUT2D eigenvalue weighted by atomic mass is 35.5. The Morgan fingerprint density at radius 1 is 1.38 bits per heavy atom. The zero-order chi connectivity index (χ0) is 12.0. The molecule has 0 saturated heterocycles. The van der Waals surface area contributed by atoms with E-state index in [0.29, 0.717) is 17.1 Å². The molecule has 0 unspecified atom stereocenters. The fourth-order valence-corrected chi connectivity index (χ4v) is 1.56. The van der Waals surface area contributed by atoms with Crippen LogP contribution < -0.4 is 0 Å². The van der Waals surface area contributed by atoms with Gasteiger partial charge in [0.1, 0.15) is 6.10 Å². The third-order valence-corrected chi connectivity index (χ3v) is 2.53. The number of ether oxygens (including phenoxy) is 1. The molecule has 88 valence electrons. The lowest BCUT2D eigenvalue weighted by Gasteiger charge is -2.18. The van der Waals surface area contributed by atoms with Crippen molar-refractivity contribution in [1.82, 2.24) is 0 Å². The smallest absolute Gasteiger partial charge is 0.293 e. The Morgan fingerprint density at radius 3 is 2.69 bits per heavy atom. The van der Waals surface area contributed by atoms with Crippen LogP contribution in [0.4, 0.5) is 0 Å². The molecule has 0 heterocycles. The molecule has 0 aliphatic rings. The molecular formula is C11H13ClO4. The van der Waals surface area contributed by atoms with E-state index >= 15 is 0 Å². The van der Waals surface area contributed by atoms with Crippen molar-refractivity contribution in [1.29, 1.82) is 0 Å². The van der Waals surface area contributed by atoms with Crippen LogP contribution in [0, 0.1) is 0 Å². The summed E-state index contributed by atoms with van der Waals surface area (Å²) in [6.45, 7) is 0.362. The summed E-state index contributed by atoms with van der Waals surface area (Å²) in [6.07, 6.45) is -1.94. The summed E-state index contributed by atoms with van der Waals surface area (Å²) < 4.78 is 4.44. The van der Waals surface area contributed by atoms with Crippen LogP contribution in [0.5, 0.6) is 0 Å². The van der Waals surface area contributed by atoms with Crippen molar-refractivity contribution in [3.8, 4) is 0 Å². The minimum absolute atomic E-state index is 0.0617. The molecule has 0 aromatic heterocycles. The van der Waals surface area contributed by atoms with Gasteiger partial charge < -0.3 is 14.9 Å². The summed E-state index contributed by atoms with van der Waals surface area (Å²) in [5.74, 6) is 0. The largest absolute Gasteiger partial charge is 0.468 e. The topological polar surface area (TPSA) is 66.8 Å². The van der Waals surface area contributed by atoms with Crippen LogP contribution in [0.15, 0.2) is 24.3 Å². The van der Waals surface area contributed by atoms with Gasteiger partial charge in [-0.25, -0.2) is 0 Å². The van der Waals surface area contributed by atoms with Crippen LogP contribution in [0.2, 0.25) is 5.02 Å². The molecule has 1 aromatic rings. The summed E-state index contributed by atoms with van der Waals surface area (Å²) in [6, 6.07) is 6.73. The van der Waals surface area contributed by atoms with Gasteiger partial charge in [0.05, 0.1) is 12.7 Å². The van der Waals surface area contributed by atoms with E-state index in [1.807, 2.05) is 0 Å². The van der Waals surface area contributed by atoms with Crippen molar-refractivity contribution in [2.75, 3.05) is 6.61 Å². The molecule has 4 nitrogen and oxygen atoms in total. The molecule has 0 saturated carbocycles. The van der Waals surface area contributed by atoms with Crippen LogP contribution >= 0.6 is 11.6 Å². The average Bonchev–Trinajstić information content (AvgIpc) is 2.29. The lowest BCUT2D eigenvalue weighted by molar-refractivity contribution is -0.129. The van der Waals surface area contributed by atoms with E-state index in [0.717, 1.165) is 0 Å². The predicted octanol–water partition coefficient (Wildman–Crippen LogP) is 1.30. The van der Waals surface area contributed by atoms with Crippen molar-refractivity contribution >= 4 is 18.1 Å². The first-order valence-electron chi connectivity index (χ1n) is 4.82. The quantitative estimate of drug-likeness (QED) is 0.585. The molecule has 0 aliphatic heterocycles. The molecule has 0 aliphatic carbocycles. The van der Waals surface area contributed by atoms with Crippen LogP contribution in [0.3, 0.4) is 0 Å². The van der Waals surface area contributed by atoms with Gasteiger partial charge in [-0.05, 0) is 6.07 Å². The SMILES string of the molecule is O=COCC[C@H](O)[C@@H](O)c1ccccc1Cl. The van der Waals surface area contributed by atoms with Gasteiger partial charge in [-0.3, -0.25) is 4.79 Å². The minimum atomic E-state index is -1.08.